The Hall–Kier alpha value is -2.17. The fraction of sp³-hybridized carbons (Fsp3) is 0.182. The van der Waals surface area contributed by atoms with Crippen molar-refractivity contribution in [2.45, 2.75) is 6.92 Å². The molecule has 2 rings (SSSR count). The summed E-state index contributed by atoms with van der Waals surface area (Å²) in [6.07, 6.45) is 0. The summed E-state index contributed by atoms with van der Waals surface area (Å²) in [5.74, 6) is -0.358. The Morgan fingerprint density at radius 2 is 2.12 bits per heavy atom. The summed E-state index contributed by atoms with van der Waals surface area (Å²) in [5.41, 5.74) is 1.81. The summed E-state index contributed by atoms with van der Waals surface area (Å²) in [5, 5.41) is 3.54. The maximum Gasteiger partial charge on any atom is 0.379 e. The van der Waals surface area contributed by atoms with E-state index in [1.807, 2.05) is 31.2 Å². The lowest BCUT2D eigenvalue weighted by Crippen LogP contribution is -2.03. The first-order valence-corrected chi connectivity index (χ1v) is 4.70. The van der Waals surface area contributed by atoms with Gasteiger partial charge in [-0.05, 0) is 23.7 Å². The molecule has 0 bridgehead atoms. The molecular formula is C11H10N2O3. The monoisotopic (exact) mass is 218 g/mol. The van der Waals surface area contributed by atoms with Crippen molar-refractivity contribution < 1.29 is 14.1 Å². The highest BCUT2D eigenvalue weighted by atomic mass is 16.5. The highest BCUT2D eigenvalue weighted by Crippen LogP contribution is 2.20. The Morgan fingerprint density at radius 3 is 2.81 bits per heavy atom. The maximum atomic E-state index is 11.1. The Bertz CT molecular complexity index is 519. The second-order valence-electron chi connectivity index (χ2n) is 3.23. The van der Waals surface area contributed by atoms with Crippen LogP contribution in [0.2, 0.25) is 0 Å². The van der Waals surface area contributed by atoms with Crippen molar-refractivity contribution in [3.63, 3.8) is 0 Å². The molecule has 0 saturated heterocycles. The van der Waals surface area contributed by atoms with Crippen molar-refractivity contribution in [2.75, 3.05) is 7.11 Å². The summed E-state index contributed by atoms with van der Waals surface area (Å²) in [6.45, 7) is 1.93. The molecule has 0 amide bonds. The summed E-state index contributed by atoms with van der Waals surface area (Å²) in [4.78, 5) is 15.1. The van der Waals surface area contributed by atoms with Crippen LogP contribution >= 0.6 is 0 Å². The van der Waals surface area contributed by atoms with Gasteiger partial charge in [-0.3, -0.25) is 0 Å². The topological polar surface area (TPSA) is 65.2 Å². The van der Waals surface area contributed by atoms with Crippen LogP contribution in [-0.2, 0) is 4.74 Å². The molecular weight excluding hydrogens is 208 g/mol. The first-order valence-electron chi connectivity index (χ1n) is 4.70. The second-order valence-corrected chi connectivity index (χ2v) is 3.23. The van der Waals surface area contributed by atoms with E-state index in [0.717, 1.165) is 11.1 Å². The van der Waals surface area contributed by atoms with Gasteiger partial charge in [0.25, 0.3) is 11.7 Å². The van der Waals surface area contributed by atoms with Crippen LogP contribution in [0.4, 0.5) is 0 Å². The van der Waals surface area contributed by atoms with Crippen LogP contribution in [0.15, 0.2) is 28.8 Å². The summed E-state index contributed by atoms with van der Waals surface area (Å²) in [7, 11) is 1.27. The van der Waals surface area contributed by atoms with Crippen molar-refractivity contribution in [3.8, 4) is 11.5 Å². The van der Waals surface area contributed by atoms with Gasteiger partial charge in [-0.25, -0.2) is 4.79 Å². The zero-order valence-corrected chi connectivity index (χ0v) is 8.93. The van der Waals surface area contributed by atoms with Crippen molar-refractivity contribution in [2.24, 2.45) is 0 Å². The lowest BCUT2D eigenvalue weighted by Gasteiger charge is -1.97. The number of aryl methyl sites for hydroxylation is 1. The van der Waals surface area contributed by atoms with E-state index in [-0.39, 0.29) is 5.82 Å². The molecule has 0 aliphatic heterocycles. The molecule has 16 heavy (non-hydrogen) atoms. The van der Waals surface area contributed by atoms with Crippen LogP contribution in [0.5, 0.6) is 0 Å². The van der Waals surface area contributed by atoms with E-state index in [1.54, 1.807) is 0 Å². The molecule has 0 aliphatic carbocycles. The molecule has 0 fully saturated rings. The normalized spacial score (nSPS) is 10.1. The number of hydrogen-bond acceptors (Lipinski definition) is 5. The minimum atomic E-state index is -0.608. The van der Waals surface area contributed by atoms with Crippen LogP contribution in [0.1, 0.15) is 16.2 Å². The van der Waals surface area contributed by atoms with E-state index in [2.05, 4.69) is 14.9 Å². The molecule has 82 valence electrons. The largest absolute Gasteiger partial charge is 0.463 e. The van der Waals surface area contributed by atoms with Crippen molar-refractivity contribution in [3.05, 3.63) is 35.7 Å². The first kappa shape index (κ1) is 10.4. The Labute approximate surface area is 92.0 Å². The number of carbonyl (C=O) groups excluding carboxylic acids is 1. The Balaban J connectivity index is 2.39. The van der Waals surface area contributed by atoms with E-state index in [4.69, 9.17) is 4.52 Å². The zero-order valence-electron chi connectivity index (χ0n) is 8.93. The Kier molecular flexibility index (Phi) is 2.68. The summed E-state index contributed by atoms with van der Waals surface area (Å²) in [6, 6.07) is 7.56. The zero-order chi connectivity index (χ0) is 11.5. The minimum absolute atomic E-state index is 0.0687. The highest BCUT2D eigenvalue weighted by Gasteiger charge is 2.16. The van der Waals surface area contributed by atoms with Crippen LogP contribution < -0.4 is 0 Å². The minimum Gasteiger partial charge on any atom is -0.463 e. The predicted octanol–water partition coefficient (Wildman–Crippen LogP) is 1.83. The molecule has 5 heteroatoms. The fourth-order valence-electron chi connectivity index (χ4n) is 1.32. The van der Waals surface area contributed by atoms with Crippen molar-refractivity contribution >= 4 is 5.97 Å². The third-order valence-electron chi connectivity index (χ3n) is 2.17. The fourth-order valence-corrected chi connectivity index (χ4v) is 1.32. The molecule has 0 spiro atoms. The van der Waals surface area contributed by atoms with E-state index < -0.39 is 5.97 Å². The van der Waals surface area contributed by atoms with E-state index in [0.29, 0.717) is 5.89 Å². The molecule has 0 N–H and O–H groups in total. The SMILES string of the molecule is COC(=O)c1noc(-c2ccccc2C)n1. The van der Waals surface area contributed by atoms with Gasteiger partial charge in [0.05, 0.1) is 7.11 Å². The van der Waals surface area contributed by atoms with Crippen molar-refractivity contribution in [1.29, 1.82) is 0 Å². The van der Waals surface area contributed by atoms with Gasteiger partial charge >= 0.3 is 5.97 Å². The summed E-state index contributed by atoms with van der Waals surface area (Å²) >= 11 is 0. The number of aromatic nitrogens is 2. The number of methoxy groups -OCH3 is 1. The van der Waals surface area contributed by atoms with Gasteiger partial charge in [0.2, 0.25) is 0 Å². The van der Waals surface area contributed by atoms with E-state index in [1.165, 1.54) is 7.11 Å². The van der Waals surface area contributed by atoms with Gasteiger partial charge in [0.1, 0.15) is 0 Å². The molecule has 2 aromatic rings. The van der Waals surface area contributed by atoms with Crippen LogP contribution in [-0.4, -0.2) is 23.2 Å². The number of nitrogens with zero attached hydrogens (tertiary/aromatic N) is 2. The van der Waals surface area contributed by atoms with Gasteiger partial charge < -0.3 is 9.26 Å². The number of esters is 1. The predicted molar refractivity (Wildman–Crippen MR) is 55.8 cm³/mol. The number of carbonyl (C=O) groups is 1. The first-order chi connectivity index (χ1) is 7.72. The van der Waals surface area contributed by atoms with E-state index >= 15 is 0 Å². The molecule has 1 aromatic heterocycles. The van der Waals surface area contributed by atoms with Gasteiger partial charge in [0, 0.05) is 5.56 Å². The van der Waals surface area contributed by atoms with Gasteiger partial charge in [0.15, 0.2) is 0 Å². The number of benzene rings is 1. The summed E-state index contributed by atoms with van der Waals surface area (Å²) < 4.78 is 9.48. The maximum absolute atomic E-state index is 11.1. The van der Waals surface area contributed by atoms with Crippen molar-refractivity contribution in [1.82, 2.24) is 10.1 Å². The average Bonchev–Trinajstić information content (AvgIpc) is 2.78. The lowest BCUT2D eigenvalue weighted by molar-refractivity contribution is 0.0583. The second kappa shape index (κ2) is 4.14. The third-order valence-corrected chi connectivity index (χ3v) is 2.17. The van der Waals surface area contributed by atoms with E-state index in [9.17, 15) is 4.79 Å². The molecule has 0 radical (unpaired) electrons. The standard InChI is InChI=1S/C11H10N2O3/c1-7-5-3-4-6-8(7)10-12-9(13-16-10)11(14)15-2/h3-6H,1-2H3. The molecule has 0 aliphatic rings. The van der Waals surface area contributed by atoms with Gasteiger partial charge in [-0.15, -0.1) is 0 Å². The van der Waals surface area contributed by atoms with Crippen LogP contribution in [0, 0.1) is 6.92 Å². The quantitative estimate of drug-likeness (QED) is 0.719. The molecule has 1 heterocycles. The van der Waals surface area contributed by atoms with Gasteiger partial charge in [-0.1, -0.05) is 18.2 Å². The van der Waals surface area contributed by atoms with Crippen LogP contribution in [0.25, 0.3) is 11.5 Å². The lowest BCUT2D eigenvalue weighted by atomic mass is 10.1. The van der Waals surface area contributed by atoms with Crippen LogP contribution in [0.3, 0.4) is 0 Å². The number of rotatable bonds is 2. The molecule has 0 saturated carbocycles. The number of hydrogen-bond donors (Lipinski definition) is 0. The highest BCUT2D eigenvalue weighted by molar-refractivity contribution is 5.85. The average molecular weight is 218 g/mol. The molecule has 5 nitrogen and oxygen atoms in total. The molecule has 1 aromatic carbocycles. The smallest absolute Gasteiger partial charge is 0.379 e. The van der Waals surface area contributed by atoms with Gasteiger partial charge in [-0.2, -0.15) is 4.98 Å². The Morgan fingerprint density at radius 1 is 1.38 bits per heavy atom. The molecule has 0 unspecified atom stereocenters. The molecule has 0 atom stereocenters. The number of ether oxygens (including phenoxy) is 1. The third kappa shape index (κ3) is 1.79.